The van der Waals surface area contributed by atoms with Crippen LogP contribution >= 0.6 is 0 Å². The summed E-state index contributed by atoms with van der Waals surface area (Å²) in [5.41, 5.74) is 2.70. The van der Waals surface area contributed by atoms with Gasteiger partial charge in [-0.05, 0) is 38.2 Å². The molecule has 1 aromatic carbocycles. The largest absolute Gasteiger partial charge is 0.493 e. The minimum Gasteiger partial charge on any atom is -0.493 e. The minimum absolute atomic E-state index is 0.127. The second kappa shape index (κ2) is 8.17. The first-order chi connectivity index (χ1) is 12.7. The number of rotatable bonds is 7. The van der Waals surface area contributed by atoms with E-state index in [0.29, 0.717) is 29.5 Å². The van der Waals surface area contributed by atoms with E-state index < -0.39 is 0 Å². The van der Waals surface area contributed by atoms with Crippen molar-refractivity contribution in [3.05, 3.63) is 29.5 Å². The highest BCUT2D eigenvalue weighted by molar-refractivity contribution is 6.01. The molecule has 1 amide bonds. The molecule has 140 valence electrons. The SMILES string of the molecule is COc1cc2[nH]c(C(=O)NCCC3=CCCCC3)cc2c(OC)c1OC. The summed E-state index contributed by atoms with van der Waals surface area (Å²) in [6.07, 6.45) is 8.07. The Morgan fingerprint density at radius 2 is 1.92 bits per heavy atom. The summed E-state index contributed by atoms with van der Waals surface area (Å²) < 4.78 is 16.2. The van der Waals surface area contributed by atoms with E-state index in [4.69, 9.17) is 14.2 Å². The van der Waals surface area contributed by atoms with E-state index in [1.165, 1.54) is 18.4 Å². The van der Waals surface area contributed by atoms with Crippen molar-refractivity contribution in [2.75, 3.05) is 27.9 Å². The lowest BCUT2D eigenvalue weighted by molar-refractivity contribution is 0.0950. The van der Waals surface area contributed by atoms with Gasteiger partial charge in [-0.2, -0.15) is 0 Å². The van der Waals surface area contributed by atoms with Crippen molar-refractivity contribution in [1.82, 2.24) is 10.3 Å². The molecule has 2 N–H and O–H groups in total. The summed E-state index contributed by atoms with van der Waals surface area (Å²) in [5, 5.41) is 3.77. The maximum absolute atomic E-state index is 12.5. The Morgan fingerprint density at radius 1 is 1.12 bits per heavy atom. The average Bonchev–Trinajstić information content (AvgIpc) is 3.11. The molecule has 26 heavy (non-hydrogen) atoms. The molecule has 2 aromatic rings. The van der Waals surface area contributed by atoms with Gasteiger partial charge in [0.05, 0.1) is 26.8 Å². The number of hydrogen-bond donors (Lipinski definition) is 2. The Hall–Kier alpha value is -2.63. The predicted octanol–water partition coefficient (Wildman–Crippen LogP) is 3.81. The number of H-pyrrole nitrogens is 1. The van der Waals surface area contributed by atoms with E-state index in [0.717, 1.165) is 30.2 Å². The molecule has 0 unspecified atom stereocenters. The first-order valence-corrected chi connectivity index (χ1v) is 8.95. The van der Waals surface area contributed by atoms with Gasteiger partial charge in [-0.15, -0.1) is 0 Å². The lowest BCUT2D eigenvalue weighted by atomic mass is 9.97. The Kier molecular flexibility index (Phi) is 5.71. The van der Waals surface area contributed by atoms with Gasteiger partial charge in [0.25, 0.3) is 5.91 Å². The maximum atomic E-state index is 12.5. The third-order valence-electron chi connectivity index (χ3n) is 4.79. The fraction of sp³-hybridized carbons (Fsp3) is 0.450. The Labute approximate surface area is 153 Å². The molecule has 6 heteroatoms. The van der Waals surface area contributed by atoms with Gasteiger partial charge in [0.15, 0.2) is 11.5 Å². The highest BCUT2D eigenvalue weighted by atomic mass is 16.5. The monoisotopic (exact) mass is 358 g/mol. The number of fused-ring (bicyclic) bond motifs is 1. The van der Waals surface area contributed by atoms with Gasteiger partial charge in [0.2, 0.25) is 5.75 Å². The van der Waals surface area contributed by atoms with Gasteiger partial charge in [-0.1, -0.05) is 11.6 Å². The second-order valence-electron chi connectivity index (χ2n) is 6.40. The van der Waals surface area contributed by atoms with Crippen LogP contribution in [0.4, 0.5) is 0 Å². The van der Waals surface area contributed by atoms with Crippen LogP contribution in [0.25, 0.3) is 10.9 Å². The third kappa shape index (κ3) is 3.64. The lowest BCUT2D eigenvalue weighted by Crippen LogP contribution is -2.25. The minimum atomic E-state index is -0.127. The second-order valence-corrected chi connectivity index (χ2v) is 6.40. The van der Waals surface area contributed by atoms with Crippen LogP contribution in [0.15, 0.2) is 23.8 Å². The summed E-state index contributed by atoms with van der Waals surface area (Å²) in [4.78, 5) is 15.6. The van der Waals surface area contributed by atoms with Gasteiger partial charge < -0.3 is 24.5 Å². The molecule has 1 heterocycles. The van der Waals surface area contributed by atoms with Crippen LogP contribution in [0.2, 0.25) is 0 Å². The van der Waals surface area contributed by atoms with Crippen LogP contribution in [-0.2, 0) is 0 Å². The number of amides is 1. The average molecular weight is 358 g/mol. The molecule has 1 aromatic heterocycles. The molecule has 0 saturated heterocycles. The molecular formula is C20H26N2O4. The Bertz CT molecular complexity index is 823. The molecule has 1 aliphatic carbocycles. The summed E-state index contributed by atoms with van der Waals surface area (Å²) in [5.74, 6) is 1.48. The van der Waals surface area contributed by atoms with Crippen LogP contribution < -0.4 is 19.5 Å². The number of ether oxygens (including phenoxy) is 3. The van der Waals surface area contributed by atoms with Gasteiger partial charge in [-0.3, -0.25) is 4.79 Å². The van der Waals surface area contributed by atoms with E-state index in [1.807, 2.05) is 0 Å². The van der Waals surface area contributed by atoms with Crippen molar-refractivity contribution < 1.29 is 19.0 Å². The zero-order valence-electron chi connectivity index (χ0n) is 15.6. The number of allylic oxidation sites excluding steroid dienone is 1. The summed E-state index contributed by atoms with van der Waals surface area (Å²) >= 11 is 0. The molecule has 6 nitrogen and oxygen atoms in total. The van der Waals surface area contributed by atoms with E-state index in [2.05, 4.69) is 16.4 Å². The van der Waals surface area contributed by atoms with Crippen LogP contribution in [-0.4, -0.2) is 38.8 Å². The number of aromatic amines is 1. The number of hydrogen-bond acceptors (Lipinski definition) is 4. The van der Waals surface area contributed by atoms with Gasteiger partial charge in [-0.25, -0.2) is 0 Å². The fourth-order valence-corrected chi connectivity index (χ4v) is 3.44. The number of carbonyl (C=O) groups excluding carboxylic acids is 1. The molecule has 0 bridgehead atoms. The van der Waals surface area contributed by atoms with Crippen molar-refractivity contribution in [3.63, 3.8) is 0 Å². The highest BCUT2D eigenvalue weighted by Gasteiger charge is 2.19. The van der Waals surface area contributed by atoms with Gasteiger partial charge >= 0.3 is 0 Å². The van der Waals surface area contributed by atoms with Crippen LogP contribution in [0.5, 0.6) is 17.2 Å². The lowest BCUT2D eigenvalue weighted by Gasteiger charge is -2.12. The van der Waals surface area contributed by atoms with Gasteiger partial charge in [0.1, 0.15) is 5.69 Å². The summed E-state index contributed by atoms with van der Waals surface area (Å²) in [7, 11) is 4.70. The highest BCUT2D eigenvalue weighted by Crippen LogP contribution is 2.43. The van der Waals surface area contributed by atoms with E-state index >= 15 is 0 Å². The molecule has 0 fully saturated rings. The van der Waals surface area contributed by atoms with E-state index in [-0.39, 0.29) is 5.91 Å². The van der Waals surface area contributed by atoms with Crippen LogP contribution in [0.1, 0.15) is 42.6 Å². The number of aromatic nitrogens is 1. The number of benzene rings is 1. The predicted molar refractivity (Wildman–Crippen MR) is 101 cm³/mol. The molecule has 1 aliphatic rings. The fourth-order valence-electron chi connectivity index (χ4n) is 3.44. The molecule has 0 atom stereocenters. The van der Waals surface area contributed by atoms with E-state index in [1.54, 1.807) is 33.5 Å². The molecule has 0 spiro atoms. The Morgan fingerprint density at radius 3 is 2.58 bits per heavy atom. The smallest absolute Gasteiger partial charge is 0.267 e. The summed E-state index contributed by atoms with van der Waals surface area (Å²) in [6.45, 7) is 0.643. The van der Waals surface area contributed by atoms with Crippen molar-refractivity contribution in [2.24, 2.45) is 0 Å². The molecule has 0 radical (unpaired) electrons. The summed E-state index contributed by atoms with van der Waals surface area (Å²) in [6, 6.07) is 3.59. The zero-order valence-corrected chi connectivity index (χ0v) is 15.6. The molecule has 3 rings (SSSR count). The first kappa shape index (κ1) is 18.2. The normalized spacial score (nSPS) is 14.0. The van der Waals surface area contributed by atoms with Crippen molar-refractivity contribution in [2.45, 2.75) is 32.1 Å². The first-order valence-electron chi connectivity index (χ1n) is 8.95. The van der Waals surface area contributed by atoms with Crippen molar-refractivity contribution in [1.29, 1.82) is 0 Å². The number of nitrogens with one attached hydrogen (secondary N) is 2. The quantitative estimate of drug-likeness (QED) is 0.738. The number of carbonyl (C=O) groups is 1. The van der Waals surface area contributed by atoms with Crippen LogP contribution in [0, 0.1) is 0 Å². The number of methoxy groups -OCH3 is 3. The topological polar surface area (TPSA) is 72.6 Å². The van der Waals surface area contributed by atoms with Crippen molar-refractivity contribution in [3.8, 4) is 17.2 Å². The molecular weight excluding hydrogens is 332 g/mol. The standard InChI is InChI=1S/C20H26N2O4/c1-24-17-12-15-14(18(25-2)19(17)26-3)11-16(22-15)20(23)21-10-9-13-7-5-4-6-8-13/h7,11-12,22H,4-6,8-10H2,1-3H3,(H,21,23). The van der Waals surface area contributed by atoms with Crippen molar-refractivity contribution >= 4 is 16.8 Å². The molecule has 0 saturated carbocycles. The molecule has 0 aliphatic heterocycles. The third-order valence-corrected chi connectivity index (χ3v) is 4.79. The zero-order chi connectivity index (χ0) is 18.5. The van der Waals surface area contributed by atoms with E-state index in [9.17, 15) is 4.79 Å². The van der Waals surface area contributed by atoms with Crippen LogP contribution in [0.3, 0.4) is 0 Å². The van der Waals surface area contributed by atoms with Gasteiger partial charge in [0, 0.05) is 18.0 Å². The Balaban J connectivity index is 1.77. The maximum Gasteiger partial charge on any atom is 0.267 e.